The molecule has 0 saturated carbocycles. The monoisotopic (exact) mass is 797 g/mol. The van der Waals surface area contributed by atoms with Gasteiger partial charge in [-0.05, 0) is 21.0 Å². The van der Waals surface area contributed by atoms with Crippen molar-refractivity contribution < 1.29 is 49.3 Å². The van der Waals surface area contributed by atoms with E-state index in [2.05, 4.69) is 149 Å². The van der Waals surface area contributed by atoms with Crippen LogP contribution in [0.1, 0.15) is 38.8 Å². The van der Waals surface area contributed by atoms with Gasteiger partial charge >= 0.3 is 172 Å². The van der Waals surface area contributed by atoms with E-state index >= 15 is 0 Å². The summed E-state index contributed by atoms with van der Waals surface area (Å²) in [7, 11) is -1.02. The fourth-order valence-electron chi connectivity index (χ4n) is 6.26. The summed E-state index contributed by atoms with van der Waals surface area (Å²) in [6.45, 7) is 11.3. The number of fused-ring (bicyclic) bond motifs is 3. The van der Waals surface area contributed by atoms with Gasteiger partial charge in [-0.1, -0.05) is 18.2 Å². The Balaban J connectivity index is 0.000000225. The van der Waals surface area contributed by atoms with Gasteiger partial charge in [0.05, 0.1) is 0 Å². The molecule has 2 bridgehead atoms. The van der Waals surface area contributed by atoms with Crippen molar-refractivity contribution in [3.63, 3.8) is 0 Å². The van der Waals surface area contributed by atoms with E-state index < -0.39 is 24.9 Å². The van der Waals surface area contributed by atoms with Crippen LogP contribution in [0.2, 0.25) is 9.41 Å². The van der Waals surface area contributed by atoms with Gasteiger partial charge in [0.2, 0.25) is 0 Å². The fourth-order valence-corrected chi connectivity index (χ4v) is 18.5. The predicted molar refractivity (Wildman–Crippen MR) is 174 cm³/mol. The van der Waals surface area contributed by atoms with E-state index in [1.807, 2.05) is 6.07 Å². The molecule has 4 aromatic rings. The summed E-state index contributed by atoms with van der Waals surface area (Å²) in [5, 5.41) is 4.11. The maximum atomic E-state index is 8.49. The van der Waals surface area contributed by atoms with Crippen LogP contribution in [-0.4, -0.2) is 39.3 Å². The van der Waals surface area contributed by atoms with Gasteiger partial charge < -0.3 is 4.90 Å². The molecule has 2 heterocycles. The van der Waals surface area contributed by atoms with Crippen molar-refractivity contribution in [3.05, 3.63) is 132 Å². The third-order valence-electron chi connectivity index (χ3n) is 8.64. The molecular weight excluding hydrogens is 758 g/mol. The van der Waals surface area contributed by atoms with Crippen molar-refractivity contribution in [1.29, 1.82) is 0 Å². The van der Waals surface area contributed by atoms with Crippen LogP contribution in [0.15, 0.2) is 121 Å². The van der Waals surface area contributed by atoms with Crippen LogP contribution in [0.5, 0.6) is 0 Å². The Morgan fingerprint density at radius 1 is 0.889 bits per heavy atom. The van der Waals surface area contributed by atoms with Crippen LogP contribution in [0, 0.1) is 16.3 Å². The summed E-state index contributed by atoms with van der Waals surface area (Å²) in [6, 6.07) is 38.9. The normalized spacial score (nSPS) is 21.6. The summed E-state index contributed by atoms with van der Waals surface area (Å²) < 4.78 is 37.3. The molecule has 0 spiro atoms. The second-order valence-electron chi connectivity index (χ2n) is 11.3. The Morgan fingerprint density at radius 2 is 1.44 bits per heavy atom. The molecule has 9 heteroatoms. The SMILES string of the molecule is C=C[P@@](c1ccccc1)[C@H]1C[C@@H]2C(C)=C(C)[C@H]1[As]2c1ccccc1.C[C@@H](c1[c-]ccc2ccccc12)N(C)C.[O-][Cl+3]([O-])([O-])[O-].[Pd+2]. The minimum absolute atomic E-state index is 0. The maximum absolute atomic E-state index is 8.49. The summed E-state index contributed by atoms with van der Waals surface area (Å²) in [5.41, 5.74) is 5.50. The minimum Gasteiger partial charge on any atom is -0.305 e. The van der Waals surface area contributed by atoms with E-state index in [0.29, 0.717) is 6.04 Å². The molecule has 45 heavy (non-hydrogen) atoms. The largest absolute Gasteiger partial charge is 2.00 e. The minimum atomic E-state index is -4.94. The van der Waals surface area contributed by atoms with Gasteiger partial charge in [-0.25, -0.2) is 18.6 Å². The zero-order valence-electron chi connectivity index (χ0n) is 26.2. The van der Waals surface area contributed by atoms with Crippen LogP contribution in [0.4, 0.5) is 0 Å². The number of hydrogen-bond donors (Lipinski definition) is 0. The molecule has 0 amide bonds. The molecule has 5 nitrogen and oxygen atoms in total. The van der Waals surface area contributed by atoms with Crippen LogP contribution < -0.4 is 28.3 Å². The molecule has 2 aliphatic rings. The van der Waals surface area contributed by atoms with E-state index in [0.717, 1.165) is 15.1 Å². The molecule has 1 unspecified atom stereocenters. The molecule has 6 rings (SSSR count). The molecule has 1 saturated heterocycles. The molecule has 2 aliphatic heterocycles. The van der Waals surface area contributed by atoms with E-state index in [1.54, 1.807) is 15.5 Å². The van der Waals surface area contributed by atoms with Crippen molar-refractivity contribution in [3.8, 4) is 0 Å². The maximum Gasteiger partial charge on any atom is 2.00 e. The van der Waals surface area contributed by atoms with Gasteiger partial charge in [-0.3, -0.25) is 0 Å². The first-order valence-electron chi connectivity index (χ1n) is 14.6. The van der Waals surface area contributed by atoms with Gasteiger partial charge in [0.1, 0.15) is 0 Å². The van der Waals surface area contributed by atoms with Gasteiger partial charge in [0.25, 0.3) is 0 Å². The molecule has 0 aliphatic carbocycles. The average molecular weight is 798 g/mol. The third kappa shape index (κ3) is 9.47. The van der Waals surface area contributed by atoms with Crippen molar-refractivity contribution in [2.45, 2.75) is 48.3 Å². The Hall–Kier alpha value is -1.64. The predicted octanol–water partition coefficient (Wildman–Crippen LogP) is 3.71. The summed E-state index contributed by atoms with van der Waals surface area (Å²) in [5.74, 6) is 2.27. The van der Waals surface area contributed by atoms with Crippen LogP contribution in [0.3, 0.4) is 0 Å². The molecule has 240 valence electrons. The first-order chi connectivity index (χ1) is 20.9. The zero-order valence-corrected chi connectivity index (χ0v) is 31.3. The van der Waals surface area contributed by atoms with E-state index in [4.69, 9.17) is 18.6 Å². The van der Waals surface area contributed by atoms with Crippen molar-refractivity contribution in [2.75, 3.05) is 14.1 Å². The number of halogens is 1. The Kier molecular flexibility index (Phi) is 14.3. The van der Waals surface area contributed by atoms with Gasteiger partial charge in [-0.2, -0.15) is 18.2 Å². The van der Waals surface area contributed by atoms with Gasteiger partial charge in [0, 0.05) is 6.04 Å². The quantitative estimate of drug-likeness (QED) is 0.129. The molecular formula is C36H40AsClNO4PPd. The van der Waals surface area contributed by atoms with E-state index in [9.17, 15) is 0 Å². The zero-order chi connectivity index (χ0) is 32.0. The van der Waals surface area contributed by atoms with E-state index in [-0.39, 0.29) is 28.3 Å². The van der Waals surface area contributed by atoms with Crippen molar-refractivity contribution >= 4 is 43.0 Å². The Labute approximate surface area is 290 Å². The Morgan fingerprint density at radius 3 is 2.02 bits per heavy atom. The van der Waals surface area contributed by atoms with Gasteiger partial charge in [-0.15, -0.1) is 32.6 Å². The van der Waals surface area contributed by atoms with Crippen molar-refractivity contribution in [2.24, 2.45) is 0 Å². The molecule has 1 fully saturated rings. The molecule has 0 aromatic heterocycles. The first-order valence-corrected chi connectivity index (χ1v) is 20.4. The second-order valence-corrected chi connectivity index (χ2v) is 19.7. The number of allylic oxidation sites excluding steroid dienone is 2. The molecule has 0 radical (unpaired) electrons. The number of benzene rings is 4. The smallest absolute Gasteiger partial charge is 0.305 e. The van der Waals surface area contributed by atoms with Gasteiger partial charge in [0.15, 0.2) is 0 Å². The number of rotatable bonds is 6. The Bertz CT molecular complexity index is 1560. The standard InChI is InChI=1S/C22H24AsP.C14H16N.ClHO4.Pd/c1-4-24(19-13-9-6-10-14-19)21-15-20-16(2)17(3)22(21)23(20)18-11-7-5-8-12-18;1-11(15(2)3)13-10-6-8-12-7-4-5-9-14(12)13;2-1(3,4)5;/h4-14,20-22H,1,15H2,2-3H3;4-9,11H,1-3H3;(H,2,3,4,5);/q;-1;;+2/p-1/t20-,21+,22-,23?,24+;11-;;/m10../s1. The molecule has 6 atom stereocenters. The van der Waals surface area contributed by atoms with Crippen LogP contribution in [0.25, 0.3) is 10.8 Å². The van der Waals surface area contributed by atoms with Crippen LogP contribution >= 0.6 is 7.92 Å². The fraction of sp³-hybridized carbons (Fsp3) is 0.278. The number of hydrogen-bond acceptors (Lipinski definition) is 5. The average Bonchev–Trinajstić information content (AvgIpc) is 3.50. The third-order valence-corrected chi connectivity index (χ3v) is 19.0. The van der Waals surface area contributed by atoms with E-state index in [1.165, 1.54) is 28.1 Å². The topological polar surface area (TPSA) is 95.5 Å². The number of nitrogens with zero attached hydrogens (tertiary/aromatic N) is 1. The second kappa shape index (κ2) is 17.0. The summed E-state index contributed by atoms with van der Waals surface area (Å²) in [6.07, 6.45) is 1.38. The molecule has 0 N–H and O–H groups in total. The van der Waals surface area contributed by atoms with Crippen LogP contribution in [-0.2, 0) is 20.4 Å². The summed E-state index contributed by atoms with van der Waals surface area (Å²) in [4.78, 5) is 2.21. The molecule has 4 aromatic carbocycles. The first kappa shape index (κ1) is 37.8. The summed E-state index contributed by atoms with van der Waals surface area (Å²) >= 11 is -1.07. The van der Waals surface area contributed by atoms with Crippen molar-refractivity contribution in [1.82, 2.24) is 4.90 Å².